The molecule has 9 nitrogen and oxygen atoms in total. The number of carboxylic acid groups (broad SMARTS) is 1. The van der Waals surface area contributed by atoms with Crippen LogP contribution >= 0.6 is 23.1 Å². The number of hydrogen-bond acceptors (Lipinski definition) is 8. The number of aliphatic hydroxyl groups excluding tert-OH is 2. The molecule has 0 bridgehead atoms. The molecule has 4 rings (SSSR count). The second-order valence-electron chi connectivity index (χ2n) is 7.78. The second kappa shape index (κ2) is 7.65. The summed E-state index contributed by atoms with van der Waals surface area (Å²) in [5.74, 6) is -2.62. The molecule has 0 radical (unpaired) electrons. The summed E-state index contributed by atoms with van der Waals surface area (Å²) < 4.78 is 3.81. The predicted octanol–water partition coefficient (Wildman–Crippen LogP) is -1.35. The normalized spacial score (nSPS) is 25.6. The van der Waals surface area contributed by atoms with E-state index in [2.05, 4.69) is 0 Å². The largest absolute Gasteiger partial charge is 0.543 e. The number of nitrogens with zero attached hydrogens (tertiary/aromatic N) is 3. The molecular weight excluding hydrogens is 428 g/mol. The molecule has 0 aromatic carbocycles. The molecule has 5 atom stereocenters. The second-order valence-corrected chi connectivity index (χ2v) is 9.60. The molecule has 1 fully saturated rings. The van der Waals surface area contributed by atoms with E-state index in [1.54, 1.807) is 6.92 Å². The lowest BCUT2D eigenvalue weighted by atomic mass is 9.77. The summed E-state index contributed by atoms with van der Waals surface area (Å²) >= 11 is 2.95. The number of β-lactam (4-membered cyclic amide) rings is 1. The van der Waals surface area contributed by atoms with Crippen molar-refractivity contribution in [2.75, 3.05) is 12.8 Å². The van der Waals surface area contributed by atoms with Crippen LogP contribution in [-0.2, 0) is 16.1 Å². The van der Waals surface area contributed by atoms with Crippen LogP contribution in [0.25, 0.3) is 10.4 Å². The number of carbonyl (C=O) groups excluding carboxylic acids is 2. The van der Waals surface area contributed by atoms with E-state index in [1.165, 1.54) is 28.0 Å². The number of thioether (sulfide) groups is 1. The fourth-order valence-corrected chi connectivity index (χ4v) is 6.77. The van der Waals surface area contributed by atoms with Crippen LogP contribution < -0.4 is 15.4 Å². The summed E-state index contributed by atoms with van der Waals surface area (Å²) in [5, 5.41) is 32.8. The number of hydrogen-bond donors (Lipinski definition) is 3. The Balaban J connectivity index is 1.79. The monoisotopic (exact) mass is 452 g/mol. The maximum atomic E-state index is 12.5. The first-order chi connectivity index (χ1) is 14.2. The highest BCUT2D eigenvalue weighted by atomic mass is 32.2. The van der Waals surface area contributed by atoms with Crippen LogP contribution in [0.4, 0.5) is 0 Å². The Morgan fingerprint density at radius 3 is 2.73 bits per heavy atom. The lowest BCUT2D eigenvalue weighted by molar-refractivity contribution is -0.735. The maximum Gasteiger partial charge on any atom is 0.250 e. The van der Waals surface area contributed by atoms with Gasteiger partial charge >= 0.3 is 0 Å². The molecule has 0 aliphatic carbocycles. The minimum Gasteiger partial charge on any atom is -0.543 e. The van der Waals surface area contributed by atoms with Crippen molar-refractivity contribution in [1.82, 2.24) is 9.30 Å². The number of imidazole rings is 1. The predicted molar refractivity (Wildman–Crippen MR) is 109 cm³/mol. The first kappa shape index (κ1) is 21.3. The number of thiazole rings is 1. The van der Waals surface area contributed by atoms with E-state index >= 15 is 0 Å². The zero-order valence-corrected chi connectivity index (χ0v) is 18.4. The van der Waals surface area contributed by atoms with Crippen molar-refractivity contribution >= 4 is 45.4 Å². The Morgan fingerprint density at radius 2 is 2.17 bits per heavy atom. The molecular formula is C19H24N4O5S2. The van der Waals surface area contributed by atoms with Gasteiger partial charge in [0.05, 0.1) is 34.6 Å². The highest BCUT2D eigenvalue weighted by molar-refractivity contribution is 7.98. The van der Waals surface area contributed by atoms with Crippen LogP contribution in [0.1, 0.15) is 18.7 Å². The molecule has 2 aliphatic heterocycles. The third-order valence-corrected chi connectivity index (χ3v) is 8.00. The van der Waals surface area contributed by atoms with Gasteiger partial charge in [-0.1, -0.05) is 30.0 Å². The molecule has 0 spiro atoms. The van der Waals surface area contributed by atoms with Gasteiger partial charge < -0.3 is 30.7 Å². The molecule has 4 N–H and O–H groups in total. The number of amides is 1. The quantitative estimate of drug-likeness (QED) is 0.268. The van der Waals surface area contributed by atoms with Crippen molar-refractivity contribution in [3.63, 3.8) is 0 Å². The summed E-state index contributed by atoms with van der Waals surface area (Å²) in [7, 11) is 0. The fourth-order valence-electron chi connectivity index (χ4n) is 4.58. The molecule has 2 aromatic rings. The first-order valence-corrected chi connectivity index (χ1v) is 11.7. The minimum atomic E-state index is -1.39. The van der Waals surface area contributed by atoms with Crippen molar-refractivity contribution in [3.05, 3.63) is 23.1 Å². The Hall–Kier alpha value is -1.92. The zero-order chi connectivity index (χ0) is 21.9. The number of carboxylic acids is 1. The van der Waals surface area contributed by atoms with E-state index in [-0.39, 0.29) is 30.1 Å². The van der Waals surface area contributed by atoms with Crippen LogP contribution in [0.2, 0.25) is 0 Å². The Kier molecular flexibility index (Phi) is 5.43. The number of carbonyl (C=O) groups is 2. The van der Waals surface area contributed by atoms with E-state index in [0.717, 1.165) is 14.7 Å². The number of nitrogens with two attached hydrogens (primary N) is 1. The molecule has 0 unspecified atom stereocenters. The number of aromatic nitrogens is 2. The van der Waals surface area contributed by atoms with Crippen LogP contribution in [0.5, 0.6) is 0 Å². The highest BCUT2D eigenvalue weighted by Gasteiger charge is 2.59. The van der Waals surface area contributed by atoms with Gasteiger partial charge in [0.15, 0.2) is 0 Å². The molecule has 0 saturated carbocycles. The molecule has 2 aliphatic rings. The zero-order valence-electron chi connectivity index (χ0n) is 16.8. The molecule has 4 heterocycles. The first-order valence-electron chi connectivity index (χ1n) is 9.64. The maximum absolute atomic E-state index is 12.5. The molecule has 30 heavy (non-hydrogen) atoms. The number of rotatable bonds is 7. The summed E-state index contributed by atoms with van der Waals surface area (Å²) in [5.41, 5.74) is 5.99. The number of aliphatic hydroxyl groups is 2. The van der Waals surface area contributed by atoms with Crippen LogP contribution in [0.3, 0.4) is 0 Å². The lowest BCUT2D eigenvalue weighted by Crippen LogP contribution is -2.64. The van der Waals surface area contributed by atoms with E-state index in [1.807, 2.05) is 34.7 Å². The van der Waals surface area contributed by atoms with E-state index < -0.39 is 24.1 Å². The van der Waals surface area contributed by atoms with Gasteiger partial charge in [0, 0.05) is 18.0 Å². The van der Waals surface area contributed by atoms with Crippen molar-refractivity contribution in [1.29, 1.82) is 0 Å². The molecule has 1 saturated heterocycles. The molecule has 1 amide bonds. The summed E-state index contributed by atoms with van der Waals surface area (Å²) in [6.07, 6.45) is 4.11. The van der Waals surface area contributed by atoms with E-state index in [4.69, 9.17) is 5.73 Å². The van der Waals surface area contributed by atoms with Crippen molar-refractivity contribution in [3.8, 4) is 0 Å². The van der Waals surface area contributed by atoms with E-state index in [0.29, 0.717) is 12.1 Å². The number of fused-ring (bicyclic) bond motifs is 2. The third-order valence-electron chi connectivity index (χ3n) is 5.91. The molecule has 162 valence electrons. The van der Waals surface area contributed by atoms with Gasteiger partial charge in [-0.05, 0) is 13.2 Å². The molecule has 11 heteroatoms. The van der Waals surface area contributed by atoms with Gasteiger partial charge in [-0.2, -0.15) is 4.40 Å². The Labute approximate surface area is 181 Å². The SMILES string of the molecule is CSc1c2sc(C3=C(C(=O)[O-])N4C(=O)[C@H]([C@@H](C)O)[C@H]4[C@H]3C)cn2c[n+]1C[C@H](O)CN. The topological polar surface area (TPSA) is 135 Å². The summed E-state index contributed by atoms with van der Waals surface area (Å²) in [4.78, 5) is 27.4. The van der Waals surface area contributed by atoms with E-state index in [9.17, 15) is 24.9 Å². The minimum absolute atomic E-state index is 0.101. The summed E-state index contributed by atoms with van der Waals surface area (Å²) in [6.45, 7) is 3.95. The third kappa shape index (κ3) is 2.99. The number of aliphatic carboxylic acids is 1. The van der Waals surface area contributed by atoms with Crippen molar-refractivity contribution in [2.45, 2.75) is 43.7 Å². The van der Waals surface area contributed by atoms with Crippen molar-refractivity contribution in [2.24, 2.45) is 17.6 Å². The van der Waals surface area contributed by atoms with Crippen LogP contribution in [0.15, 0.2) is 23.2 Å². The summed E-state index contributed by atoms with van der Waals surface area (Å²) in [6, 6.07) is -0.383. The lowest BCUT2D eigenvalue weighted by Gasteiger charge is -2.47. The standard InChI is InChI=1S/C19H24N4O5S2/c1-8-12(15(19(27)28)23-14(8)13(9(2)24)16(23)26)11-6-22-7-21(5-10(25)4-20)17(29-3)18(22)30-11/h6-10,13-14,24-25H,4-5,20H2,1-3H3/t8-,9+,10+,13+,14+/m0/s1. The van der Waals surface area contributed by atoms with Gasteiger partial charge in [-0.15, -0.1) is 0 Å². The van der Waals surface area contributed by atoms with Gasteiger partial charge in [0.1, 0.15) is 18.8 Å². The van der Waals surface area contributed by atoms with Gasteiger partial charge in [0.2, 0.25) is 15.8 Å². The van der Waals surface area contributed by atoms with Crippen molar-refractivity contribution < 1.29 is 29.5 Å². The smallest absolute Gasteiger partial charge is 0.250 e. The van der Waals surface area contributed by atoms with Crippen LogP contribution in [0, 0.1) is 11.8 Å². The van der Waals surface area contributed by atoms with Gasteiger partial charge in [0.25, 0.3) is 6.33 Å². The van der Waals surface area contributed by atoms with Gasteiger partial charge in [-0.25, -0.2) is 4.57 Å². The average Bonchev–Trinajstić information content (AvgIpc) is 3.28. The van der Waals surface area contributed by atoms with Crippen LogP contribution in [-0.4, -0.2) is 62.4 Å². The van der Waals surface area contributed by atoms with Gasteiger partial charge in [-0.3, -0.25) is 4.79 Å². The average molecular weight is 453 g/mol. The Bertz CT molecular complexity index is 1060. The fraction of sp³-hybridized carbons (Fsp3) is 0.526. The highest BCUT2D eigenvalue weighted by Crippen LogP contribution is 2.51. The molecule has 2 aromatic heterocycles. The Morgan fingerprint density at radius 1 is 1.47 bits per heavy atom.